The van der Waals surface area contributed by atoms with Crippen LogP contribution < -0.4 is 5.32 Å². The Balaban J connectivity index is 1.46. The minimum atomic E-state index is -1.32. The summed E-state index contributed by atoms with van der Waals surface area (Å²) in [5, 5.41) is 13.1. The van der Waals surface area contributed by atoms with Crippen molar-refractivity contribution < 1.29 is 33.8 Å². The molecular weight excluding hydrogens is 666 g/mol. The van der Waals surface area contributed by atoms with Crippen molar-refractivity contribution >= 4 is 39.6 Å². The summed E-state index contributed by atoms with van der Waals surface area (Å²) in [5.41, 5.74) is 0.265. The van der Waals surface area contributed by atoms with Gasteiger partial charge in [-0.1, -0.05) is 88.7 Å². The number of aliphatic hydroxyl groups is 1. The highest BCUT2D eigenvalue weighted by atomic mass is 79.9. The monoisotopic (exact) mass is 707 g/mol. The quantitative estimate of drug-likeness (QED) is 0.164. The fourth-order valence-electron chi connectivity index (χ4n) is 7.19. The van der Waals surface area contributed by atoms with E-state index < -0.39 is 53.6 Å². The first-order valence-corrected chi connectivity index (χ1v) is 16.9. The molecule has 3 aliphatic rings. The number of amides is 3. The van der Waals surface area contributed by atoms with Crippen LogP contribution >= 0.6 is 15.9 Å². The Morgan fingerprint density at radius 2 is 1.83 bits per heavy atom. The van der Waals surface area contributed by atoms with E-state index in [4.69, 9.17) is 9.47 Å². The average molecular weight is 709 g/mol. The van der Waals surface area contributed by atoms with Crippen LogP contribution in [-0.4, -0.2) is 86.9 Å². The third-order valence-corrected chi connectivity index (χ3v) is 10.2. The van der Waals surface area contributed by atoms with Gasteiger partial charge in [-0.2, -0.15) is 0 Å². The van der Waals surface area contributed by atoms with Crippen molar-refractivity contribution in [3.05, 3.63) is 97.1 Å². The van der Waals surface area contributed by atoms with E-state index in [2.05, 4.69) is 34.4 Å². The molecule has 47 heavy (non-hydrogen) atoms. The van der Waals surface area contributed by atoms with E-state index in [0.29, 0.717) is 18.4 Å². The molecule has 0 aliphatic carbocycles. The lowest BCUT2D eigenvalue weighted by Gasteiger charge is -2.38. The van der Waals surface area contributed by atoms with Gasteiger partial charge in [0.2, 0.25) is 17.7 Å². The molecule has 3 fully saturated rings. The summed E-state index contributed by atoms with van der Waals surface area (Å²) < 4.78 is 12.7. The van der Waals surface area contributed by atoms with Crippen molar-refractivity contribution in [3.8, 4) is 0 Å². The van der Waals surface area contributed by atoms with Crippen molar-refractivity contribution in [2.75, 3.05) is 19.7 Å². The summed E-state index contributed by atoms with van der Waals surface area (Å²) in [6.45, 7) is 9.34. The number of benzene rings is 2. The van der Waals surface area contributed by atoms with Crippen LogP contribution in [0.2, 0.25) is 0 Å². The van der Waals surface area contributed by atoms with Crippen LogP contribution in [0.15, 0.2) is 86.0 Å². The SMILES string of the molecule is C=CCCC(=O)NC[C@H](OC(=O)[C@H]1[C@@H]2O[C@@]3(CC2Br)[C@@H]1C(=O)N([C@H](C)CO)[C@@H]3C(=O)N(CC=C)Cc1ccccc1)c1ccccc1. The molecule has 2 bridgehead atoms. The molecule has 3 saturated heterocycles. The number of hydrogen-bond donors (Lipinski definition) is 2. The average Bonchev–Trinajstić information content (AvgIpc) is 3.68. The Labute approximate surface area is 283 Å². The summed E-state index contributed by atoms with van der Waals surface area (Å²) >= 11 is 3.69. The third-order valence-electron chi connectivity index (χ3n) is 9.34. The summed E-state index contributed by atoms with van der Waals surface area (Å²) in [4.78, 5) is 58.2. The van der Waals surface area contributed by atoms with Gasteiger partial charge < -0.3 is 29.7 Å². The van der Waals surface area contributed by atoms with Gasteiger partial charge in [0.05, 0.1) is 37.1 Å². The summed E-state index contributed by atoms with van der Waals surface area (Å²) in [6.07, 6.45) is 2.83. The minimum absolute atomic E-state index is 0.0379. The highest BCUT2D eigenvalue weighted by Gasteiger charge is 2.77. The number of allylic oxidation sites excluding steroid dienone is 1. The Morgan fingerprint density at radius 1 is 1.15 bits per heavy atom. The standard InChI is InChI=1S/C36H42BrN3O7/c1-4-6-17-28(42)38-20-27(25-15-11-8-12-16-25)46-35(45)29-30-33(43)40(23(3)22-41)32(36(30)19-26(37)31(29)47-36)34(44)39(18-5-2)21-24-13-9-7-10-14-24/h4-5,7-16,23,26-27,29-32,41H,1-2,6,17-22H2,3H3,(H,38,42)/t23-,26?,27+,29-,30+,31-,32-,36+/m1/s1. The molecule has 0 saturated carbocycles. The van der Waals surface area contributed by atoms with Crippen molar-refractivity contribution in [1.29, 1.82) is 0 Å². The van der Waals surface area contributed by atoms with Crippen LogP contribution in [0.3, 0.4) is 0 Å². The Bertz CT molecular complexity index is 1470. The lowest BCUT2D eigenvalue weighted by Crippen LogP contribution is -2.58. The van der Waals surface area contributed by atoms with Crippen LogP contribution in [-0.2, 0) is 35.2 Å². The van der Waals surface area contributed by atoms with Gasteiger partial charge in [-0.25, -0.2) is 0 Å². The Kier molecular flexibility index (Phi) is 11.0. The topological polar surface area (TPSA) is 125 Å². The minimum Gasteiger partial charge on any atom is -0.455 e. The molecule has 2 N–H and O–H groups in total. The van der Waals surface area contributed by atoms with E-state index in [1.165, 1.54) is 4.90 Å². The van der Waals surface area contributed by atoms with E-state index in [1.807, 2.05) is 48.5 Å². The first-order chi connectivity index (χ1) is 22.7. The molecule has 2 aromatic rings. The van der Waals surface area contributed by atoms with Gasteiger partial charge in [0, 0.05) is 24.3 Å². The second-order valence-electron chi connectivity index (χ2n) is 12.4. The lowest BCUT2D eigenvalue weighted by atomic mass is 9.70. The number of esters is 1. The molecule has 1 spiro atoms. The molecule has 0 aromatic heterocycles. The van der Waals surface area contributed by atoms with Gasteiger partial charge in [-0.05, 0) is 30.9 Å². The number of carbonyl (C=O) groups excluding carboxylic acids is 4. The number of ether oxygens (including phenoxy) is 2. The molecule has 3 heterocycles. The highest BCUT2D eigenvalue weighted by molar-refractivity contribution is 9.09. The first kappa shape index (κ1) is 34.5. The van der Waals surface area contributed by atoms with E-state index in [9.17, 15) is 24.3 Å². The zero-order valence-electron chi connectivity index (χ0n) is 26.5. The van der Waals surface area contributed by atoms with Crippen molar-refractivity contribution in [2.24, 2.45) is 11.8 Å². The van der Waals surface area contributed by atoms with E-state index >= 15 is 0 Å². The largest absolute Gasteiger partial charge is 0.455 e. The number of nitrogens with one attached hydrogen (secondary N) is 1. The zero-order chi connectivity index (χ0) is 33.7. The highest BCUT2D eigenvalue weighted by Crippen LogP contribution is 2.61. The molecule has 8 atom stereocenters. The number of rotatable bonds is 15. The summed E-state index contributed by atoms with van der Waals surface area (Å²) in [5.74, 6) is -3.64. The molecule has 5 rings (SSSR count). The zero-order valence-corrected chi connectivity index (χ0v) is 28.1. The molecule has 250 valence electrons. The number of carbonyl (C=O) groups is 4. The molecule has 3 amide bonds. The van der Waals surface area contributed by atoms with Gasteiger partial charge in [-0.3, -0.25) is 19.2 Å². The maximum atomic E-state index is 14.6. The van der Waals surface area contributed by atoms with Crippen LogP contribution in [0.1, 0.15) is 43.4 Å². The van der Waals surface area contributed by atoms with Crippen LogP contribution in [0, 0.1) is 11.8 Å². The fourth-order valence-corrected chi connectivity index (χ4v) is 8.13. The second-order valence-corrected chi connectivity index (χ2v) is 13.6. The fraction of sp³-hybridized carbons (Fsp3) is 0.444. The summed E-state index contributed by atoms with van der Waals surface area (Å²) in [7, 11) is 0. The molecule has 11 heteroatoms. The smallest absolute Gasteiger partial charge is 0.313 e. The molecule has 10 nitrogen and oxygen atoms in total. The third kappa shape index (κ3) is 6.79. The number of alkyl halides is 1. The van der Waals surface area contributed by atoms with Gasteiger partial charge in [0.15, 0.2) is 0 Å². The predicted octanol–water partition coefficient (Wildman–Crippen LogP) is 3.70. The number of nitrogens with zero attached hydrogens (tertiary/aromatic N) is 2. The van der Waals surface area contributed by atoms with Crippen molar-refractivity contribution in [3.63, 3.8) is 0 Å². The number of hydrogen-bond acceptors (Lipinski definition) is 7. The molecule has 0 radical (unpaired) electrons. The molecule has 3 aliphatic heterocycles. The van der Waals surface area contributed by atoms with Gasteiger partial charge in [0.25, 0.3) is 0 Å². The first-order valence-electron chi connectivity index (χ1n) is 16.0. The molecular formula is C36H42BrN3O7. The van der Waals surface area contributed by atoms with Gasteiger partial charge in [0.1, 0.15) is 17.7 Å². The van der Waals surface area contributed by atoms with E-state index in [-0.39, 0.29) is 49.3 Å². The molecule has 2 aromatic carbocycles. The number of aliphatic hydroxyl groups excluding tert-OH is 1. The summed E-state index contributed by atoms with van der Waals surface area (Å²) in [6, 6.07) is 16.8. The van der Waals surface area contributed by atoms with Gasteiger partial charge in [-0.15, -0.1) is 13.2 Å². The Morgan fingerprint density at radius 3 is 2.47 bits per heavy atom. The van der Waals surface area contributed by atoms with E-state index in [1.54, 1.807) is 36.1 Å². The number of fused-ring (bicyclic) bond motifs is 1. The second kappa shape index (κ2) is 15.0. The molecule has 1 unspecified atom stereocenters. The van der Waals surface area contributed by atoms with E-state index in [0.717, 1.165) is 5.56 Å². The normalized spacial score (nSPS) is 27.1. The van der Waals surface area contributed by atoms with Crippen LogP contribution in [0.4, 0.5) is 0 Å². The number of halogens is 1. The maximum Gasteiger partial charge on any atom is 0.313 e. The maximum absolute atomic E-state index is 14.6. The van der Waals surface area contributed by atoms with Crippen molar-refractivity contribution in [2.45, 2.75) is 67.5 Å². The lowest BCUT2D eigenvalue weighted by molar-refractivity contribution is -0.161. The van der Waals surface area contributed by atoms with Gasteiger partial charge >= 0.3 is 5.97 Å². The van der Waals surface area contributed by atoms with Crippen LogP contribution in [0.5, 0.6) is 0 Å². The Hall–Kier alpha value is -3.80. The predicted molar refractivity (Wildman–Crippen MR) is 179 cm³/mol. The number of likely N-dealkylation sites (tertiary alicyclic amines) is 1. The van der Waals surface area contributed by atoms with Crippen molar-refractivity contribution in [1.82, 2.24) is 15.1 Å². The van der Waals surface area contributed by atoms with Crippen LogP contribution in [0.25, 0.3) is 0 Å².